The van der Waals surface area contributed by atoms with Crippen molar-refractivity contribution >= 4 is 23.4 Å². The first kappa shape index (κ1) is 23.2. The van der Waals surface area contributed by atoms with Crippen molar-refractivity contribution in [2.45, 2.75) is 32.2 Å². The van der Waals surface area contributed by atoms with Gasteiger partial charge in [-0.1, -0.05) is 29.8 Å². The largest absolute Gasteiger partial charge is 0.493 e. The lowest BCUT2D eigenvalue weighted by Crippen LogP contribution is -2.43. The van der Waals surface area contributed by atoms with Gasteiger partial charge in [0.15, 0.2) is 11.5 Å². The minimum absolute atomic E-state index is 0.00209. The van der Waals surface area contributed by atoms with E-state index in [0.29, 0.717) is 75.2 Å². The summed E-state index contributed by atoms with van der Waals surface area (Å²) in [6.45, 7) is 3.03. The minimum Gasteiger partial charge on any atom is -0.493 e. The van der Waals surface area contributed by atoms with Gasteiger partial charge >= 0.3 is 0 Å². The van der Waals surface area contributed by atoms with Crippen LogP contribution < -0.4 is 19.5 Å². The first-order valence-electron chi connectivity index (χ1n) is 11.4. The molecule has 33 heavy (non-hydrogen) atoms. The third-order valence-electron chi connectivity index (χ3n) is 5.88. The van der Waals surface area contributed by atoms with Gasteiger partial charge < -0.3 is 24.4 Å². The minimum atomic E-state index is -0.106. The molecular formula is C25H29ClN2O5. The molecule has 2 aliphatic rings. The molecule has 2 aliphatic heterocycles. The van der Waals surface area contributed by atoms with Crippen molar-refractivity contribution in [3.8, 4) is 17.2 Å². The quantitative estimate of drug-likeness (QED) is 0.662. The molecule has 176 valence electrons. The van der Waals surface area contributed by atoms with Crippen LogP contribution in [-0.4, -0.2) is 49.6 Å². The van der Waals surface area contributed by atoms with Crippen LogP contribution in [0.3, 0.4) is 0 Å². The number of para-hydroxylation sites is 1. The second-order valence-electron chi connectivity index (χ2n) is 8.24. The average molecular weight is 473 g/mol. The van der Waals surface area contributed by atoms with Gasteiger partial charge in [-0.15, -0.1) is 0 Å². The summed E-state index contributed by atoms with van der Waals surface area (Å²) in [5, 5.41) is 3.49. The van der Waals surface area contributed by atoms with Crippen LogP contribution in [0.1, 0.15) is 31.2 Å². The van der Waals surface area contributed by atoms with Crippen LogP contribution in [0, 0.1) is 5.92 Å². The number of hydrogen-bond donors (Lipinski definition) is 1. The molecule has 1 saturated heterocycles. The van der Waals surface area contributed by atoms with Gasteiger partial charge in [0, 0.05) is 32.0 Å². The fourth-order valence-electron chi connectivity index (χ4n) is 4.04. The normalized spacial score (nSPS) is 16.1. The zero-order valence-electron chi connectivity index (χ0n) is 18.6. The lowest BCUT2D eigenvalue weighted by atomic mass is 9.95. The highest BCUT2D eigenvalue weighted by Gasteiger charge is 2.27. The maximum absolute atomic E-state index is 12.7. The molecule has 0 spiro atoms. The van der Waals surface area contributed by atoms with Gasteiger partial charge in [0.2, 0.25) is 11.8 Å². The van der Waals surface area contributed by atoms with E-state index in [1.807, 2.05) is 41.3 Å². The number of benzene rings is 2. The fraction of sp³-hybridized carbons (Fsp3) is 0.440. The highest BCUT2D eigenvalue weighted by molar-refractivity contribution is 6.32. The van der Waals surface area contributed by atoms with Gasteiger partial charge in [-0.3, -0.25) is 9.59 Å². The van der Waals surface area contributed by atoms with Crippen LogP contribution in [0.2, 0.25) is 5.02 Å². The number of amides is 2. The van der Waals surface area contributed by atoms with E-state index in [4.69, 9.17) is 25.8 Å². The third kappa shape index (κ3) is 6.32. The van der Waals surface area contributed by atoms with Crippen LogP contribution in [0.4, 0.5) is 0 Å². The molecule has 8 heteroatoms. The summed E-state index contributed by atoms with van der Waals surface area (Å²) in [6.07, 6.45) is 2.44. The number of piperidine rings is 1. The molecule has 2 aromatic carbocycles. The van der Waals surface area contributed by atoms with E-state index in [1.54, 1.807) is 6.07 Å². The summed E-state index contributed by atoms with van der Waals surface area (Å²) in [4.78, 5) is 27.0. The molecule has 1 N–H and O–H groups in total. The average Bonchev–Trinajstić information content (AvgIpc) is 3.09. The van der Waals surface area contributed by atoms with E-state index in [0.717, 1.165) is 17.7 Å². The number of nitrogens with one attached hydrogen (secondary N) is 1. The monoisotopic (exact) mass is 472 g/mol. The summed E-state index contributed by atoms with van der Waals surface area (Å²) < 4.78 is 17.0. The third-order valence-corrected chi connectivity index (χ3v) is 6.16. The van der Waals surface area contributed by atoms with Crippen molar-refractivity contribution in [1.82, 2.24) is 10.2 Å². The molecule has 7 nitrogen and oxygen atoms in total. The van der Waals surface area contributed by atoms with Crippen molar-refractivity contribution < 1.29 is 23.8 Å². The molecule has 0 atom stereocenters. The maximum atomic E-state index is 12.7. The summed E-state index contributed by atoms with van der Waals surface area (Å²) in [7, 11) is 0. The van der Waals surface area contributed by atoms with Crippen LogP contribution in [0.15, 0.2) is 42.5 Å². The fourth-order valence-corrected chi connectivity index (χ4v) is 4.33. The molecular weight excluding hydrogens is 444 g/mol. The number of rotatable bonds is 7. The number of nitrogens with zero attached hydrogens (tertiary/aromatic N) is 1. The van der Waals surface area contributed by atoms with Gasteiger partial charge in [-0.05, 0) is 42.7 Å². The van der Waals surface area contributed by atoms with Gasteiger partial charge in [0.25, 0.3) is 0 Å². The van der Waals surface area contributed by atoms with Gasteiger partial charge in [-0.2, -0.15) is 0 Å². The van der Waals surface area contributed by atoms with Gasteiger partial charge in [0.05, 0.1) is 31.3 Å². The Morgan fingerprint density at radius 3 is 2.64 bits per heavy atom. The lowest BCUT2D eigenvalue weighted by Gasteiger charge is -2.31. The molecule has 2 heterocycles. The molecule has 1 fully saturated rings. The molecule has 4 rings (SSSR count). The van der Waals surface area contributed by atoms with E-state index in [9.17, 15) is 9.59 Å². The molecule has 0 aliphatic carbocycles. The standard InChI is InChI=1S/C25H29ClN2O5/c26-21-15-18(16-22-24(21)33-13-4-12-32-22)17-27-25(30)19-7-10-28(11-8-19)23(29)9-14-31-20-5-2-1-3-6-20/h1-3,5-6,15-16,19H,4,7-14,17H2,(H,27,30). The van der Waals surface area contributed by atoms with Crippen molar-refractivity contribution in [3.05, 3.63) is 53.1 Å². The van der Waals surface area contributed by atoms with E-state index in [1.165, 1.54) is 0 Å². The van der Waals surface area contributed by atoms with E-state index in [2.05, 4.69) is 5.32 Å². The lowest BCUT2D eigenvalue weighted by molar-refractivity contribution is -0.136. The number of fused-ring (bicyclic) bond motifs is 1. The first-order valence-corrected chi connectivity index (χ1v) is 11.8. The highest BCUT2D eigenvalue weighted by atomic mass is 35.5. The molecule has 2 aromatic rings. The SMILES string of the molecule is O=C(NCc1cc(Cl)c2c(c1)OCCCO2)C1CCN(C(=O)CCOc2ccccc2)CC1. The number of likely N-dealkylation sites (tertiary alicyclic amines) is 1. The summed E-state index contributed by atoms with van der Waals surface area (Å²) in [5.74, 6) is 1.90. The Bertz CT molecular complexity index is 961. The molecule has 0 radical (unpaired) electrons. The smallest absolute Gasteiger partial charge is 0.225 e. The number of carbonyl (C=O) groups is 2. The molecule has 0 aromatic heterocycles. The topological polar surface area (TPSA) is 77.1 Å². The predicted octanol–water partition coefficient (Wildman–Crippen LogP) is 3.83. The van der Waals surface area contributed by atoms with Crippen molar-refractivity contribution in [2.24, 2.45) is 5.92 Å². The Balaban J connectivity index is 1.20. The Kier molecular flexibility index (Phi) is 7.94. The van der Waals surface area contributed by atoms with Gasteiger partial charge in [0.1, 0.15) is 5.75 Å². The van der Waals surface area contributed by atoms with Crippen LogP contribution >= 0.6 is 11.6 Å². The summed E-state index contributed by atoms with van der Waals surface area (Å²) in [5.41, 5.74) is 0.864. The van der Waals surface area contributed by atoms with Crippen molar-refractivity contribution in [1.29, 1.82) is 0 Å². The maximum Gasteiger partial charge on any atom is 0.225 e. The molecule has 0 saturated carbocycles. The number of hydrogen-bond acceptors (Lipinski definition) is 5. The Labute approximate surface area is 198 Å². The van der Waals surface area contributed by atoms with Crippen molar-refractivity contribution in [3.63, 3.8) is 0 Å². The zero-order chi connectivity index (χ0) is 23.0. The van der Waals surface area contributed by atoms with Crippen molar-refractivity contribution in [2.75, 3.05) is 32.9 Å². The summed E-state index contributed by atoms with van der Waals surface area (Å²) >= 11 is 6.34. The van der Waals surface area contributed by atoms with E-state index < -0.39 is 0 Å². The van der Waals surface area contributed by atoms with E-state index in [-0.39, 0.29) is 17.7 Å². The molecule has 0 bridgehead atoms. The molecule has 0 unspecified atom stereocenters. The number of ether oxygens (including phenoxy) is 3. The second-order valence-corrected chi connectivity index (χ2v) is 8.65. The zero-order valence-corrected chi connectivity index (χ0v) is 19.3. The second kappa shape index (κ2) is 11.3. The Morgan fingerprint density at radius 2 is 1.85 bits per heavy atom. The summed E-state index contributed by atoms with van der Waals surface area (Å²) in [6, 6.07) is 13.1. The number of halogens is 1. The van der Waals surface area contributed by atoms with Crippen LogP contribution in [0.25, 0.3) is 0 Å². The van der Waals surface area contributed by atoms with E-state index >= 15 is 0 Å². The Morgan fingerprint density at radius 1 is 1.09 bits per heavy atom. The molecule has 2 amide bonds. The Hall–Kier alpha value is -2.93. The first-order chi connectivity index (χ1) is 16.1. The highest BCUT2D eigenvalue weighted by Crippen LogP contribution is 2.38. The van der Waals surface area contributed by atoms with Crippen LogP contribution in [-0.2, 0) is 16.1 Å². The predicted molar refractivity (Wildman–Crippen MR) is 125 cm³/mol. The number of carbonyl (C=O) groups excluding carboxylic acids is 2. The van der Waals surface area contributed by atoms with Crippen LogP contribution in [0.5, 0.6) is 17.2 Å². The van der Waals surface area contributed by atoms with Gasteiger partial charge in [-0.25, -0.2) is 0 Å².